The highest BCUT2D eigenvalue weighted by Crippen LogP contribution is 2.32. The van der Waals surface area contributed by atoms with Crippen LogP contribution in [0.4, 0.5) is 0 Å². The van der Waals surface area contributed by atoms with Crippen LogP contribution in [0.5, 0.6) is 0 Å². The summed E-state index contributed by atoms with van der Waals surface area (Å²) in [5, 5.41) is 10.7. The largest absolute Gasteiger partial charge is 0.315 e. The summed E-state index contributed by atoms with van der Waals surface area (Å²) in [5.41, 5.74) is 4.97. The van der Waals surface area contributed by atoms with Crippen LogP contribution in [0.2, 0.25) is 0 Å². The van der Waals surface area contributed by atoms with E-state index in [1.54, 1.807) is 0 Å². The lowest BCUT2D eigenvalue weighted by atomic mass is 10.0. The third-order valence-electron chi connectivity index (χ3n) is 3.84. The van der Waals surface area contributed by atoms with Gasteiger partial charge in [0, 0.05) is 11.8 Å². The number of para-hydroxylation sites is 1. The molecule has 4 aromatic rings. The van der Waals surface area contributed by atoms with Crippen LogP contribution in [0.1, 0.15) is 5.56 Å². The summed E-state index contributed by atoms with van der Waals surface area (Å²) >= 11 is 0. The van der Waals surface area contributed by atoms with E-state index in [1.807, 2.05) is 48.7 Å². The maximum absolute atomic E-state index is 9.49. The normalized spacial score (nSPS) is 10.8. The quantitative estimate of drug-likeness (QED) is 0.494. The van der Waals surface area contributed by atoms with Crippen LogP contribution < -0.4 is 0 Å². The van der Waals surface area contributed by atoms with Crippen LogP contribution in [0.15, 0.2) is 72.9 Å². The third kappa shape index (κ3) is 1.72. The van der Waals surface area contributed by atoms with Gasteiger partial charge in [0.2, 0.25) is 0 Å². The highest BCUT2D eigenvalue weighted by atomic mass is 14.9. The molecule has 0 saturated carbocycles. The zero-order chi connectivity index (χ0) is 14.2. The first-order valence-corrected chi connectivity index (χ1v) is 6.87. The van der Waals surface area contributed by atoms with Crippen molar-refractivity contribution in [1.82, 2.24) is 4.40 Å². The summed E-state index contributed by atoms with van der Waals surface area (Å²) in [6.45, 7) is 0. The number of hydrogen-bond donors (Lipinski definition) is 0. The van der Waals surface area contributed by atoms with Gasteiger partial charge in [-0.25, -0.2) is 0 Å². The van der Waals surface area contributed by atoms with Crippen molar-refractivity contribution in [3.63, 3.8) is 0 Å². The number of benzene rings is 2. The van der Waals surface area contributed by atoms with Gasteiger partial charge in [-0.3, -0.25) is 0 Å². The van der Waals surface area contributed by atoms with Crippen LogP contribution in [0.3, 0.4) is 0 Å². The molecular formula is C19H12N2. The minimum absolute atomic E-state index is 0.706. The van der Waals surface area contributed by atoms with Gasteiger partial charge in [-0.1, -0.05) is 54.6 Å². The number of rotatable bonds is 1. The smallest absolute Gasteiger partial charge is 0.101 e. The molecule has 4 rings (SSSR count). The maximum Gasteiger partial charge on any atom is 0.101 e. The van der Waals surface area contributed by atoms with Crippen molar-refractivity contribution in [3.05, 3.63) is 78.5 Å². The predicted octanol–water partition coefficient (Wildman–Crippen LogP) is 4.63. The molecule has 21 heavy (non-hydrogen) atoms. The van der Waals surface area contributed by atoms with Gasteiger partial charge in [-0.2, -0.15) is 5.26 Å². The first kappa shape index (κ1) is 11.7. The van der Waals surface area contributed by atoms with Gasteiger partial charge in [0.25, 0.3) is 0 Å². The van der Waals surface area contributed by atoms with Gasteiger partial charge >= 0.3 is 0 Å². The highest BCUT2D eigenvalue weighted by molar-refractivity contribution is 5.92. The zero-order valence-corrected chi connectivity index (χ0v) is 11.3. The van der Waals surface area contributed by atoms with Crippen LogP contribution >= 0.6 is 0 Å². The van der Waals surface area contributed by atoms with Crippen LogP contribution in [-0.4, -0.2) is 4.40 Å². The molecule has 2 aromatic heterocycles. The van der Waals surface area contributed by atoms with Crippen molar-refractivity contribution in [3.8, 4) is 17.2 Å². The molecule has 0 unspecified atom stereocenters. The van der Waals surface area contributed by atoms with Crippen molar-refractivity contribution < 1.29 is 0 Å². The molecule has 0 aliphatic heterocycles. The third-order valence-corrected chi connectivity index (χ3v) is 3.84. The van der Waals surface area contributed by atoms with Crippen molar-refractivity contribution >= 4 is 16.4 Å². The fourth-order valence-electron chi connectivity index (χ4n) is 2.89. The first-order valence-electron chi connectivity index (χ1n) is 6.87. The molecule has 2 heteroatoms. The number of pyridine rings is 1. The topological polar surface area (TPSA) is 28.2 Å². The van der Waals surface area contributed by atoms with Crippen molar-refractivity contribution in [2.75, 3.05) is 0 Å². The number of hydrogen-bond acceptors (Lipinski definition) is 1. The monoisotopic (exact) mass is 268 g/mol. The van der Waals surface area contributed by atoms with E-state index in [1.165, 1.54) is 5.39 Å². The molecule has 0 fully saturated rings. The number of fused-ring (bicyclic) bond motifs is 3. The van der Waals surface area contributed by atoms with E-state index in [0.29, 0.717) is 5.56 Å². The Morgan fingerprint density at radius 1 is 0.762 bits per heavy atom. The molecule has 0 N–H and O–H groups in total. The molecule has 0 radical (unpaired) electrons. The average molecular weight is 268 g/mol. The molecule has 0 amide bonds. The summed E-state index contributed by atoms with van der Waals surface area (Å²) in [4.78, 5) is 0. The van der Waals surface area contributed by atoms with Crippen molar-refractivity contribution in [2.45, 2.75) is 0 Å². The fourth-order valence-corrected chi connectivity index (χ4v) is 2.89. The maximum atomic E-state index is 9.49. The molecule has 0 atom stereocenters. The molecule has 0 aliphatic rings. The molecule has 2 heterocycles. The Balaban J connectivity index is 2.16. The molecule has 0 aliphatic carbocycles. The lowest BCUT2D eigenvalue weighted by molar-refractivity contribution is 1.27. The van der Waals surface area contributed by atoms with Crippen LogP contribution in [0.25, 0.3) is 27.5 Å². The summed E-state index contributed by atoms with van der Waals surface area (Å²) in [5.74, 6) is 0. The summed E-state index contributed by atoms with van der Waals surface area (Å²) < 4.78 is 2.11. The Kier molecular flexibility index (Phi) is 2.52. The van der Waals surface area contributed by atoms with E-state index in [9.17, 15) is 5.26 Å². The molecule has 98 valence electrons. The minimum atomic E-state index is 0.706. The van der Waals surface area contributed by atoms with Crippen molar-refractivity contribution in [1.29, 1.82) is 5.26 Å². The number of nitrogens with zero attached hydrogens (tertiary/aromatic N) is 2. The van der Waals surface area contributed by atoms with Gasteiger partial charge in [0.1, 0.15) is 6.07 Å². The van der Waals surface area contributed by atoms with Crippen LogP contribution in [-0.2, 0) is 0 Å². The fraction of sp³-hybridized carbons (Fsp3) is 0. The second-order valence-corrected chi connectivity index (χ2v) is 5.04. The molecule has 0 saturated heterocycles. The first-order chi connectivity index (χ1) is 10.4. The Morgan fingerprint density at radius 2 is 1.52 bits per heavy atom. The molecule has 0 bridgehead atoms. The van der Waals surface area contributed by atoms with E-state index in [4.69, 9.17) is 0 Å². The Morgan fingerprint density at radius 3 is 2.33 bits per heavy atom. The van der Waals surface area contributed by atoms with E-state index in [-0.39, 0.29) is 0 Å². The lowest BCUT2D eigenvalue weighted by Crippen LogP contribution is -1.86. The Labute approximate surface area is 122 Å². The average Bonchev–Trinajstić information content (AvgIpc) is 2.94. The minimum Gasteiger partial charge on any atom is -0.315 e. The Bertz CT molecular complexity index is 989. The van der Waals surface area contributed by atoms with Crippen molar-refractivity contribution in [2.24, 2.45) is 0 Å². The van der Waals surface area contributed by atoms with Gasteiger partial charge in [-0.15, -0.1) is 0 Å². The van der Waals surface area contributed by atoms with Gasteiger partial charge < -0.3 is 4.40 Å². The van der Waals surface area contributed by atoms with Gasteiger partial charge in [0.05, 0.1) is 16.6 Å². The summed E-state index contributed by atoms with van der Waals surface area (Å²) in [6.07, 6.45) is 1.93. The van der Waals surface area contributed by atoms with Gasteiger partial charge in [0.15, 0.2) is 0 Å². The number of aromatic nitrogens is 1. The van der Waals surface area contributed by atoms with E-state index >= 15 is 0 Å². The zero-order valence-electron chi connectivity index (χ0n) is 11.3. The second kappa shape index (κ2) is 4.50. The summed E-state index contributed by atoms with van der Waals surface area (Å²) in [6, 6.07) is 24.8. The van der Waals surface area contributed by atoms with E-state index in [0.717, 1.165) is 22.2 Å². The molecule has 2 aromatic carbocycles. The van der Waals surface area contributed by atoms with Gasteiger partial charge in [-0.05, 0) is 23.1 Å². The standard InChI is InChI=1S/C19H12N2/c20-12-16-13-21-17-9-5-4-6-14(17)10-11-18(21)19(16)15-7-2-1-3-8-15/h1-11,13H. The molecule has 2 nitrogen and oxygen atoms in total. The van der Waals surface area contributed by atoms with E-state index in [2.05, 4.69) is 34.7 Å². The highest BCUT2D eigenvalue weighted by Gasteiger charge is 2.13. The molecule has 0 spiro atoms. The van der Waals surface area contributed by atoms with Crippen LogP contribution in [0, 0.1) is 11.3 Å². The summed E-state index contributed by atoms with van der Waals surface area (Å²) in [7, 11) is 0. The molecular weight excluding hydrogens is 256 g/mol. The number of nitriles is 1. The van der Waals surface area contributed by atoms with E-state index < -0.39 is 0 Å². The second-order valence-electron chi connectivity index (χ2n) is 5.04. The SMILES string of the molecule is N#Cc1cn2c(ccc3ccccc32)c1-c1ccccc1. The predicted molar refractivity (Wildman–Crippen MR) is 85.1 cm³/mol. The lowest BCUT2D eigenvalue weighted by Gasteiger charge is -2.04. The Hall–Kier alpha value is -3.05.